The molecule has 8 heteroatoms. The third-order valence-corrected chi connectivity index (χ3v) is 3.07. The second-order valence-corrected chi connectivity index (χ2v) is 5.00. The molecule has 0 fully saturated rings. The van der Waals surface area contributed by atoms with Crippen molar-refractivity contribution in [2.45, 2.75) is 38.3 Å². The Kier molecular flexibility index (Phi) is 8.95. The number of esters is 2. The summed E-state index contributed by atoms with van der Waals surface area (Å²) < 4.78 is 9.60. The molecule has 8 nitrogen and oxygen atoms in total. The third kappa shape index (κ3) is 6.63. The molecule has 0 heterocycles. The number of hydrogen-bond acceptors (Lipinski definition) is 8. The van der Waals surface area contributed by atoms with Crippen molar-refractivity contribution in [1.29, 1.82) is 0 Å². The van der Waals surface area contributed by atoms with E-state index < -0.39 is 24.5 Å². The molecule has 24 heavy (non-hydrogen) atoms. The highest BCUT2D eigenvalue weighted by Gasteiger charge is 2.22. The third-order valence-electron chi connectivity index (χ3n) is 3.07. The predicted molar refractivity (Wildman–Crippen MR) is 81.9 cm³/mol. The minimum atomic E-state index is -1.40. The van der Waals surface area contributed by atoms with Crippen LogP contribution in [0.3, 0.4) is 0 Å². The first kappa shape index (κ1) is 20.0. The van der Waals surface area contributed by atoms with Crippen LogP contribution in [0.4, 0.5) is 0 Å². The molecule has 134 valence electrons. The lowest BCUT2D eigenvalue weighted by Gasteiger charge is -2.15. The molecular weight excluding hydrogens is 320 g/mol. The van der Waals surface area contributed by atoms with E-state index in [1.807, 2.05) is 0 Å². The summed E-state index contributed by atoms with van der Waals surface area (Å²) in [5.41, 5.74) is -0.222. The van der Waals surface area contributed by atoms with Crippen LogP contribution < -0.4 is 0 Å². The Balaban J connectivity index is 2.76. The Hall–Kier alpha value is -2.00. The minimum Gasteiger partial charge on any atom is -0.432 e. The lowest BCUT2D eigenvalue weighted by atomic mass is 10.1. The van der Waals surface area contributed by atoms with E-state index in [0.29, 0.717) is 0 Å². The molecule has 4 N–H and O–H groups in total. The van der Waals surface area contributed by atoms with Gasteiger partial charge in [0.25, 0.3) is 0 Å². The summed E-state index contributed by atoms with van der Waals surface area (Å²) in [6.07, 6.45) is -2.15. The molecule has 0 bridgehead atoms. The molecule has 0 saturated heterocycles. The number of carbonyl (C=O) groups is 2. The maximum absolute atomic E-state index is 12.1. The molecule has 1 rings (SSSR count). The summed E-state index contributed by atoms with van der Waals surface area (Å²) in [7, 11) is 0. The minimum absolute atomic E-state index is 0.0642. The Morgan fingerprint density at radius 1 is 0.833 bits per heavy atom. The van der Waals surface area contributed by atoms with Crippen molar-refractivity contribution in [1.82, 2.24) is 0 Å². The average Bonchev–Trinajstić information content (AvgIpc) is 2.57. The molecule has 2 unspecified atom stereocenters. The SMILES string of the molecule is O=C(OC(O)CCCO)c1ccccc1C(=O)OC(O)CCCO. The first-order valence-corrected chi connectivity index (χ1v) is 7.58. The fourth-order valence-electron chi connectivity index (χ4n) is 1.86. The summed E-state index contributed by atoms with van der Waals surface area (Å²) in [6.45, 7) is -0.299. The van der Waals surface area contributed by atoms with Crippen molar-refractivity contribution < 1.29 is 39.5 Å². The van der Waals surface area contributed by atoms with Gasteiger partial charge in [0.15, 0.2) is 0 Å². The molecular formula is C16H22O8. The van der Waals surface area contributed by atoms with Gasteiger partial charge in [-0.05, 0) is 25.0 Å². The molecule has 0 aliphatic rings. The van der Waals surface area contributed by atoms with Crippen LogP contribution in [0.15, 0.2) is 24.3 Å². The molecule has 0 spiro atoms. The first-order chi connectivity index (χ1) is 11.5. The number of aliphatic hydroxyl groups excluding tert-OH is 4. The molecule has 2 atom stereocenters. The lowest BCUT2D eigenvalue weighted by molar-refractivity contribution is -0.0739. The van der Waals surface area contributed by atoms with Crippen molar-refractivity contribution in [3.63, 3.8) is 0 Å². The van der Waals surface area contributed by atoms with E-state index in [1.54, 1.807) is 0 Å². The number of rotatable bonds is 10. The zero-order chi connectivity index (χ0) is 17.9. The Bertz CT molecular complexity index is 484. The van der Waals surface area contributed by atoms with Crippen LogP contribution in [-0.4, -0.2) is 58.2 Å². The van der Waals surface area contributed by atoms with E-state index in [2.05, 4.69) is 0 Å². The molecule has 1 aromatic carbocycles. The molecule has 0 aromatic heterocycles. The number of benzene rings is 1. The number of aliphatic hydroxyl groups is 4. The maximum Gasteiger partial charge on any atom is 0.341 e. The topological polar surface area (TPSA) is 134 Å². The van der Waals surface area contributed by atoms with Gasteiger partial charge < -0.3 is 29.9 Å². The molecule has 0 radical (unpaired) electrons. The van der Waals surface area contributed by atoms with Crippen LogP contribution in [0.25, 0.3) is 0 Å². The fraction of sp³-hybridized carbons (Fsp3) is 0.500. The van der Waals surface area contributed by atoms with Gasteiger partial charge in [-0.3, -0.25) is 0 Å². The smallest absolute Gasteiger partial charge is 0.341 e. The van der Waals surface area contributed by atoms with Gasteiger partial charge in [-0.1, -0.05) is 12.1 Å². The fourth-order valence-corrected chi connectivity index (χ4v) is 1.86. The highest BCUT2D eigenvalue weighted by atomic mass is 16.6. The predicted octanol–water partition coefficient (Wildman–Crippen LogP) is 0.182. The maximum atomic E-state index is 12.1. The highest BCUT2D eigenvalue weighted by molar-refractivity contribution is 6.03. The van der Waals surface area contributed by atoms with Gasteiger partial charge in [0.05, 0.1) is 11.1 Å². The highest BCUT2D eigenvalue weighted by Crippen LogP contribution is 2.15. The van der Waals surface area contributed by atoms with Gasteiger partial charge in [0.2, 0.25) is 12.6 Å². The number of carbonyl (C=O) groups excluding carboxylic acids is 2. The zero-order valence-electron chi connectivity index (χ0n) is 13.1. The Morgan fingerprint density at radius 2 is 1.21 bits per heavy atom. The summed E-state index contributed by atoms with van der Waals surface area (Å²) >= 11 is 0. The zero-order valence-corrected chi connectivity index (χ0v) is 13.1. The summed E-state index contributed by atoms with van der Waals surface area (Å²) in [5, 5.41) is 36.5. The van der Waals surface area contributed by atoms with E-state index in [4.69, 9.17) is 19.7 Å². The van der Waals surface area contributed by atoms with Crippen LogP contribution in [-0.2, 0) is 9.47 Å². The van der Waals surface area contributed by atoms with E-state index in [1.165, 1.54) is 24.3 Å². The molecule has 1 aromatic rings. The van der Waals surface area contributed by atoms with Crippen LogP contribution >= 0.6 is 0 Å². The number of hydrogen-bond donors (Lipinski definition) is 4. The van der Waals surface area contributed by atoms with Gasteiger partial charge in [-0.2, -0.15) is 0 Å². The van der Waals surface area contributed by atoms with Crippen LogP contribution in [0.5, 0.6) is 0 Å². The standard InChI is InChI=1S/C16H22O8/c17-9-3-7-13(19)23-15(21)11-5-1-2-6-12(11)16(22)24-14(20)8-4-10-18/h1-2,5-6,13-14,17-20H,3-4,7-10H2. The normalized spacial score (nSPS) is 13.2. The van der Waals surface area contributed by atoms with E-state index in [-0.39, 0.29) is 50.0 Å². The molecule has 0 saturated carbocycles. The van der Waals surface area contributed by atoms with Crippen molar-refractivity contribution in [2.75, 3.05) is 13.2 Å². The summed E-state index contributed by atoms with van der Waals surface area (Å²) in [5.74, 6) is -1.84. The van der Waals surface area contributed by atoms with E-state index in [9.17, 15) is 19.8 Å². The van der Waals surface area contributed by atoms with Gasteiger partial charge in [-0.15, -0.1) is 0 Å². The van der Waals surface area contributed by atoms with E-state index >= 15 is 0 Å². The summed E-state index contributed by atoms with van der Waals surface area (Å²) in [6, 6.07) is 5.68. The summed E-state index contributed by atoms with van der Waals surface area (Å²) in [4.78, 5) is 24.1. The van der Waals surface area contributed by atoms with E-state index in [0.717, 1.165) is 0 Å². The Labute approximate surface area is 139 Å². The molecule has 0 aliphatic carbocycles. The van der Waals surface area contributed by atoms with Gasteiger partial charge in [0.1, 0.15) is 0 Å². The van der Waals surface area contributed by atoms with Crippen LogP contribution in [0.2, 0.25) is 0 Å². The van der Waals surface area contributed by atoms with Crippen LogP contribution in [0.1, 0.15) is 46.4 Å². The number of ether oxygens (including phenoxy) is 2. The second kappa shape index (κ2) is 10.7. The Morgan fingerprint density at radius 3 is 1.54 bits per heavy atom. The van der Waals surface area contributed by atoms with Crippen molar-refractivity contribution >= 4 is 11.9 Å². The monoisotopic (exact) mass is 342 g/mol. The molecule has 0 amide bonds. The largest absolute Gasteiger partial charge is 0.432 e. The first-order valence-electron chi connectivity index (χ1n) is 7.58. The van der Waals surface area contributed by atoms with Crippen molar-refractivity contribution in [2.24, 2.45) is 0 Å². The second-order valence-electron chi connectivity index (χ2n) is 5.00. The van der Waals surface area contributed by atoms with Gasteiger partial charge >= 0.3 is 11.9 Å². The van der Waals surface area contributed by atoms with Gasteiger partial charge in [-0.25, -0.2) is 9.59 Å². The van der Waals surface area contributed by atoms with Crippen molar-refractivity contribution in [3.05, 3.63) is 35.4 Å². The quantitative estimate of drug-likeness (QED) is 0.349. The molecule has 0 aliphatic heterocycles. The van der Waals surface area contributed by atoms with Crippen molar-refractivity contribution in [3.8, 4) is 0 Å². The average molecular weight is 342 g/mol. The van der Waals surface area contributed by atoms with Gasteiger partial charge in [0, 0.05) is 26.1 Å². The lowest BCUT2D eigenvalue weighted by Crippen LogP contribution is -2.23. The van der Waals surface area contributed by atoms with Crippen LogP contribution in [0, 0.1) is 0 Å².